The first-order chi connectivity index (χ1) is 11.7. The van der Waals surface area contributed by atoms with E-state index in [4.69, 9.17) is 11.6 Å². The summed E-state index contributed by atoms with van der Waals surface area (Å²) in [6.07, 6.45) is 1.66. The van der Waals surface area contributed by atoms with Crippen molar-refractivity contribution in [2.45, 2.75) is 0 Å². The lowest BCUT2D eigenvalue weighted by Crippen LogP contribution is -1.92. The highest BCUT2D eigenvalue weighted by molar-refractivity contribution is 7.26. The van der Waals surface area contributed by atoms with Gasteiger partial charge in [0.2, 0.25) is 0 Å². The zero-order valence-electron chi connectivity index (χ0n) is 12.5. The van der Waals surface area contributed by atoms with E-state index in [1.165, 1.54) is 0 Å². The summed E-state index contributed by atoms with van der Waals surface area (Å²) in [6, 6.07) is 16.8. The van der Waals surface area contributed by atoms with E-state index in [1.54, 1.807) is 23.5 Å². The molecule has 0 aliphatic heterocycles. The van der Waals surface area contributed by atoms with Crippen LogP contribution in [0.15, 0.2) is 54.6 Å². The normalized spacial score (nSPS) is 11.0. The van der Waals surface area contributed by atoms with Gasteiger partial charge in [-0.2, -0.15) is 0 Å². The maximum atomic E-state index is 11.6. The largest absolute Gasteiger partial charge is 0.298 e. The molecule has 0 unspecified atom stereocenters. The Kier molecular flexibility index (Phi) is 3.68. The fourth-order valence-corrected chi connectivity index (χ4v) is 4.70. The third-order valence-electron chi connectivity index (χ3n) is 4.13. The van der Waals surface area contributed by atoms with Gasteiger partial charge in [0.1, 0.15) is 0 Å². The standard InChI is InChI=1S/C20H11ClO2S/c21-16-6-3-7-17-19(16)15-9-8-13(11-23)18(20(15)24-17)14-5-2-1-4-12(14)10-22/h1-11H. The molecule has 0 aliphatic carbocycles. The number of hydrogen-bond donors (Lipinski definition) is 0. The Bertz CT molecular complexity index is 1110. The van der Waals surface area contributed by atoms with E-state index < -0.39 is 0 Å². The molecule has 0 atom stereocenters. The van der Waals surface area contributed by atoms with Crippen molar-refractivity contribution in [2.75, 3.05) is 0 Å². The number of fused-ring (bicyclic) bond motifs is 3. The minimum atomic E-state index is 0.566. The Morgan fingerprint density at radius 1 is 0.833 bits per heavy atom. The molecule has 4 aromatic rings. The maximum absolute atomic E-state index is 11.6. The Morgan fingerprint density at radius 3 is 2.42 bits per heavy atom. The first-order valence-corrected chi connectivity index (χ1v) is 8.57. The van der Waals surface area contributed by atoms with Gasteiger partial charge in [0, 0.05) is 41.9 Å². The smallest absolute Gasteiger partial charge is 0.150 e. The molecule has 0 saturated carbocycles. The average Bonchev–Trinajstić information content (AvgIpc) is 3.00. The molecule has 4 rings (SSSR count). The van der Waals surface area contributed by atoms with Crippen LogP contribution >= 0.6 is 22.9 Å². The van der Waals surface area contributed by atoms with Crippen molar-refractivity contribution in [1.29, 1.82) is 0 Å². The molecular weight excluding hydrogens is 340 g/mol. The number of benzene rings is 3. The summed E-state index contributed by atoms with van der Waals surface area (Å²) in [4.78, 5) is 23.1. The Balaban J connectivity index is 2.21. The van der Waals surface area contributed by atoms with Crippen LogP contribution in [0, 0.1) is 0 Å². The summed E-state index contributed by atoms with van der Waals surface area (Å²) in [6.45, 7) is 0. The monoisotopic (exact) mass is 350 g/mol. The van der Waals surface area contributed by atoms with Crippen molar-refractivity contribution in [3.05, 3.63) is 70.7 Å². The Hall–Kier alpha value is -2.49. The molecule has 0 amide bonds. The van der Waals surface area contributed by atoms with Crippen molar-refractivity contribution >= 4 is 55.7 Å². The number of hydrogen-bond acceptors (Lipinski definition) is 3. The summed E-state index contributed by atoms with van der Waals surface area (Å²) in [7, 11) is 0. The Morgan fingerprint density at radius 2 is 1.62 bits per heavy atom. The van der Waals surface area contributed by atoms with E-state index >= 15 is 0 Å². The summed E-state index contributed by atoms with van der Waals surface area (Å²) in [5.41, 5.74) is 2.70. The van der Waals surface area contributed by atoms with E-state index in [0.717, 1.165) is 43.9 Å². The van der Waals surface area contributed by atoms with E-state index in [9.17, 15) is 9.59 Å². The van der Waals surface area contributed by atoms with Crippen LogP contribution in [0.5, 0.6) is 0 Å². The third kappa shape index (κ3) is 2.17. The SMILES string of the molecule is O=Cc1ccccc1-c1c(C=O)ccc2c1sc1cccc(Cl)c12. The second-order valence-electron chi connectivity index (χ2n) is 5.44. The van der Waals surface area contributed by atoms with Crippen LogP contribution in [0.2, 0.25) is 5.02 Å². The highest BCUT2D eigenvalue weighted by atomic mass is 35.5. The number of carbonyl (C=O) groups excluding carboxylic acids is 2. The van der Waals surface area contributed by atoms with Gasteiger partial charge in [-0.05, 0) is 17.7 Å². The molecule has 0 radical (unpaired) electrons. The molecule has 4 heteroatoms. The van der Waals surface area contributed by atoms with Crippen LogP contribution in [0.4, 0.5) is 0 Å². The van der Waals surface area contributed by atoms with Crippen LogP contribution in [0.1, 0.15) is 20.7 Å². The van der Waals surface area contributed by atoms with Crippen molar-refractivity contribution in [1.82, 2.24) is 0 Å². The molecule has 0 spiro atoms. The minimum Gasteiger partial charge on any atom is -0.298 e. The van der Waals surface area contributed by atoms with Crippen molar-refractivity contribution in [2.24, 2.45) is 0 Å². The molecule has 3 aromatic carbocycles. The van der Waals surface area contributed by atoms with Gasteiger partial charge in [-0.25, -0.2) is 0 Å². The highest BCUT2D eigenvalue weighted by Crippen LogP contribution is 2.44. The molecule has 0 saturated heterocycles. The van der Waals surface area contributed by atoms with Crippen LogP contribution in [0.3, 0.4) is 0 Å². The number of carbonyl (C=O) groups is 2. The van der Waals surface area contributed by atoms with Gasteiger partial charge in [0.15, 0.2) is 12.6 Å². The van der Waals surface area contributed by atoms with Gasteiger partial charge in [-0.3, -0.25) is 9.59 Å². The van der Waals surface area contributed by atoms with Gasteiger partial charge >= 0.3 is 0 Å². The van der Waals surface area contributed by atoms with Crippen LogP contribution in [-0.4, -0.2) is 12.6 Å². The van der Waals surface area contributed by atoms with Gasteiger partial charge in [-0.1, -0.05) is 54.1 Å². The second kappa shape index (κ2) is 5.86. The van der Waals surface area contributed by atoms with Crippen LogP contribution in [0.25, 0.3) is 31.3 Å². The van der Waals surface area contributed by atoms with E-state index in [2.05, 4.69) is 0 Å². The van der Waals surface area contributed by atoms with Gasteiger partial charge in [-0.15, -0.1) is 11.3 Å². The average molecular weight is 351 g/mol. The molecule has 116 valence electrons. The Labute approximate surface area is 147 Å². The molecule has 1 aromatic heterocycles. The van der Waals surface area contributed by atoms with Crippen molar-refractivity contribution in [3.63, 3.8) is 0 Å². The van der Waals surface area contributed by atoms with E-state index in [1.807, 2.05) is 42.5 Å². The number of aldehydes is 2. The number of thiophene rings is 1. The third-order valence-corrected chi connectivity index (χ3v) is 5.63. The summed E-state index contributed by atoms with van der Waals surface area (Å²) in [5.74, 6) is 0. The lowest BCUT2D eigenvalue weighted by Gasteiger charge is -2.09. The topological polar surface area (TPSA) is 34.1 Å². The fraction of sp³-hybridized carbons (Fsp3) is 0. The van der Waals surface area contributed by atoms with E-state index in [-0.39, 0.29) is 0 Å². The molecule has 0 aliphatic rings. The molecule has 0 bridgehead atoms. The van der Waals surface area contributed by atoms with Crippen LogP contribution in [-0.2, 0) is 0 Å². The number of rotatable bonds is 3. The van der Waals surface area contributed by atoms with E-state index in [0.29, 0.717) is 16.1 Å². The summed E-state index contributed by atoms with van der Waals surface area (Å²) < 4.78 is 2.03. The van der Waals surface area contributed by atoms with Crippen molar-refractivity contribution < 1.29 is 9.59 Å². The molecule has 0 N–H and O–H groups in total. The molecular formula is C20H11ClO2S. The zero-order valence-corrected chi connectivity index (χ0v) is 14.0. The van der Waals surface area contributed by atoms with Crippen molar-refractivity contribution in [3.8, 4) is 11.1 Å². The van der Waals surface area contributed by atoms with Crippen LogP contribution < -0.4 is 0 Å². The number of halogens is 1. The second-order valence-corrected chi connectivity index (χ2v) is 6.90. The van der Waals surface area contributed by atoms with Gasteiger partial charge in [0.05, 0.1) is 0 Å². The molecule has 0 fully saturated rings. The summed E-state index contributed by atoms with van der Waals surface area (Å²) in [5, 5.41) is 2.68. The lowest BCUT2D eigenvalue weighted by molar-refractivity contribution is 0.111. The van der Waals surface area contributed by atoms with Gasteiger partial charge in [0.25, 0.3) is 0 Å². The molecule has 2 nitrogen and oxygen atoms in total. The highest BCUT2D eigenvalue weighted by Gasteiger charge is 2.17. The zero-order chi connectivity index (χ0) is 16.7. The molecule has 24 heavy (non-hydrogen) atoms. The van der Waals surface area contributed by atoms with Gasteiger partial charge < -0.3 is 0 Å². The quantitative estimate of drug-likeness (QED) is 0.424. The molecule has 1 heterocycles. The fourth-order valence-electron chi connectivity index (χ4n) is 3.06. The minimum absolute atomic E-state index is 0.566. The lowest BCUT2D eigenvalue weighted by atomic mass is 9.94. The predicted molar refractivity (Wildman–Crippen MR) is 101 cm³/mol. The first-order valence-electron chi connectivity index (χ1n) is 7.38. The summed E-state index contributed by atoms with van der Waals surface area (Å²) >= 11 is 7.98. The first kappa shape index (κ1) is 15.1. The predicted octanol–water partition coefficient (Wildman–Crippen LogP) is 6.00. The maximum Gasteiger partial charge on any atom is 0.150 e.